The molecule has 7 nitrogen and oxygen atoms in total. The fraction of sp³-hybridized carbons (Fsp3) is 0.310. The first-order valence-corrected chi connectivity index (χ1v) is 12.4. The monoisotopic (exact) mass is 495 g/mol. The van der Waals surface area contributed by atoms with E-state index in [0.717, 1.165) is 28.9 Å². The molecule has 4 atom stereocenters. The smallest absolute Gasteiger partial charge is 0.223 e. The molecule has 0 fully saturated rings. The Morgan fingerprint density at radius 3 is 2.62 bits per heavy atom. The molecule has 0 saturated heterocycles. The molecule has 0 amide bonds. The van der Waals surface area contributed by atoms with E-state index in [0.29, 0.717) is 35.0 Å². The van der Waals surface area contributed by atoms with Gasteiger partial charge in [-0.1, -0.05) is 37.2 Å². The van der Waals surface area contributed by atoms with Crippen LogP contribution in [0.3, 0.4) is 0 Å². The van der Waals surface area contributed by atoms with Crippen molar-refractivity contribution in [2.75, 3.05) is 0 Å². The van der Waals surface area contributed by atoms with Crippen molar-refractivity contribution in [3.63, 3.8) is 0 Å². The molecule has 37 heavy (non-hydrogen) atoms. The Balaban J connectivity index is 1.58. The molecule has 2 aromatic heterocycles. The summed E-state index contributed by atoms with van der Waals surface area (Å²) in [4.78, 5) is 4.30. The number of hydrogen-bond donors (Lipinski definition) is 1. The zero-order valence-corrected chi connectivity index (χ0v) is 20.8. The second kappa shape index (κ2) is 8.49. The third kappa shape index (κ3) is 3.53. The van der Waals surface area contributed by atoms with Gasteiger partial charge in [-0.3, -0.25) is 0 Å². The van der Waals surface area contributed by atoms with Crippen molar-refractivity contribution in [3.8, 4) is 34.4 Å². The molecule has 1 N–H and O–H groups in total. The van der Waals surface area contributed by atoms with Crippen LogP contribution in [0, 0.1) is 35.9 Å². The third-order valence-corrected chi connectivity index (χ3v) is 8.03. The van der Waals surface area contributed by atoms with Gasteiger partial charge >= 0.3 is 0 Å². The Labute approximate surface area is 213 Å². The van der Waals surface area contributed by atoms with E-state index in [4.69, 9.17) is 9.62 Å². The molecule has 6 rings (SSSR count). The maximum absolute atomic E-state index is 15.0. The van der Waals surface area contributed by atoms with Gasteiger partial charge in [0.1, 0.15) is 5.82 Å². The van der Waals surface area contributed by atoms with Crippen LogP contribution in [-0.4, -0.2) is 31.1 Å². The third-order valence-electron chi connectivity index (χ3n) is 8.03. The fourth-order valence-electron chi connectivity index (χ4n) is 6.23. The van der Waals surface area contributed by atoms with E-state index in [1.165, 1.54) is 6.07 Å². The van der Waals surface area contributed by atoms with Crippen molar-refractivity contribution >= 4 is 0 Å². The average molecular weight is 496 g/mol. The van der Waals surface area contributed by atoms with Gasteiger partial charge in [-0.05, 0) is 61.1 Å². The molecule has 0 bridgehead atoms. The normalized spacial score (nSPS) is 24.6. The lowest BCUT2D eigenvalue weighted by atomic mass is 9.57. The van der Waals surface area contributed by atoms with Crippen LogP contribution in [0.15, 0.2) is 64.7 Å². The topological polar surface area (TPSA) is 101 Å². The summed E-state index contributed by atoms with van der Waals surface area (Å²) in [5, 5.41) is 29.6. The molecule has 186 valence electrons. The first-order chi connectivity index (χ1) is 17.8. The molecule has 0 radical (unpaired) electrons. The lowest BCUT2D eigenvalue weighted by Gasteiger charge is -2.47. The lowest BCUT2D eigenvalue weighted by molar-refractivity contribution is 0.0664. The van der Waals surface area contributed by atoms with E-state index in [9.17, 15) is 14.8 Å². The number of aryl methyl sites for hydroxylation is 1. The van der Waals surface area contributed by atoms with Crippen LogP contribution in [0.1, 0.15) is 37.4 Å². The number of rotatable bonds is 3. The van der Waals surface area contributed by atoms with Crippen LogP contribution >= 0.6 is 0 Å². The molecule has 4 aromatic rings. The summed E-state index contributed by atoms with van der Waals surface area (Å²) in [5.74, 6) is 0.648. The summed E-state index contributed by atoms with van der Waals surface area (Å²) in [6.07, 6.45) is 2.61. The van der Waals surface area contributed by atoms with E-state index in [1.807, 2.05) is 48.0 Å². The maximum Gasteiger partial charge on any atom is 0.223 e. The number of aromatic nitrogens is 4. The molecule has 2 heterocycles. The summed E-state index contributed by atoms with van der Waals surface area (Å²) in [6.45, 7) is 5.85. The highest BCUT2D eigenvalue weighted by molar-refractivity contribution is 5.68. The minimum atomic E-state index is -0.801. The molecular formula is C29H26FN5O2. The van der Waals surface area contributed by atoms with E-state index < -0.39 is 11.5 Å². The number of allylic oxidation sites excluding steroid dienone is 1. The Bertz CT molecular complexity index is 1580. The van der Waals surface area contributed by atoms with Gasteiger partial charge in [-0.15, -0.1) is 0 Å². The predicted molar refractivity (Wildman–Crippen MR) is 135 cm³/mol. The van der Waals surface area contributed by atoms with Crippen molar-refractivity contribution in [1.82, 2.24) is 19.9 Å². The van der Waals surface area contributed by atoms with E-state index in [-0.39, 0.29) is 17.7 Å². The number of hydrogen-bond acceptors (Lipinski definition) is 6. The Morgan fingerprint density at radius 2 is 1.95 bits per heavy atom. The Morgan fingerprint density at radius 1 is 1.19 bits per heavy atom. The standard InChI is InChI=1S/C29H26FN5O2/c1-16-23-13-12-22-25(21-6-4-5-7-24(21)30)33-35(27(22)29(23,3)14-19(15-31)26(16)36)20-10-8-18(9-11-20)28-32-17(2)37-34-28/h4-11,14,16,23,26,36H,12-13H2,1-3H3/t16-,23-,26?,29-/m1/s1. The summed E-state index contributed by atoms with van der Waals surface area (Å²) in [6, 6.07) is 16.6. The molecule has 2 aliphatic carbocycles. The van der Waals surface area contributed by atoms with Crippen molar-refractivity contribution in [3.05, 3.63) is 83.1 Å². The van der Waals surface area contributed by atoms with E-state index >= 15 is 0 Å². The molecule has 2 aliphatic rings. The maximum atomic E-state index is 15.0. The van der Waals surface area contributed by atoms with Crippen molar-refractivity contribution in [2.24, 2.45) is 11.8 Å². The summed E-state index contributed by atoms with van der Waals surface area (Å²) >= 11 is 0. The number of nitrogens with zero attached hydrogens (tertiary/aromatic N) is 5. The number of nitriles is 1. The van der Waals surface area contributed by atoms with Crippen LogP contribution in [-0.2, 0) is 11.8 Å². The van der Waals surface area contributed by atoms with Gasteiger partial charge in [0.05, 0.1) is 34.8 Å². The van der Waals surface area contributed by atoms with Gasteiger partial charge in [0.25, 0.3) is 0 Å². The van der Waals surface area contributed by atoms with Crippen LogP contribution in [0.25, 0.3) is 28.3 Å². The van der Waals surface area contributed by atoms with Gasteiger partial charge < -0.3 is 9.63 Å². The highest BCUT2D eigenvalue weighted by atomic mass is 19.1. The van der Waals surface area contributed by atoms with Crippen LogP contribution in [0.4, 0.5) is 4.39 Å². The largest absolute Gasteiger partial charge is 0.387 e. The summed E-state index contributed by atoms with van der Waals surface area (Å²) in [5.41, 5.74) is 4.36. The molecular weight excluding hydrogens is 469 g/mol. The summed E-state index contributed by atoms with van der Waals surface area (Å²) in [7, 11) is 0. The highest BCUT2D eigenvalue weighted by Crippen LogP contribution is 2.53. The minimum absolute atomic E-state index is 0.0950. The predicted octanol–water partition coefficient (Wildman–Crippen LogP) is 5.32. The highest BCUT2D eigenvalue weighted by Gasteiger charge is 2.50. The zero-order chi connectivity index (χ0) is 25.9. The number of aliphatic hydroxyl groups excluding tert-OH is 1. The van der Waals surface area contributed by atoms with Crippen LogP contribution in [0.5, 0.6) is 0 Å². The molecule has 0 aliphatic heterocycles. The second-order valence-corrected chi connectivity index (χ2v) is 10.2. The zero-order valence-electron chi connectivity index (χ0n) is 20.8. The number of fused-ring (bicyclic) bond motifs is 3. The van der Waals surface area contributed by atoms with Gasteiger partial charge in [0.2, 0.25) is 11.7 Å². The fourth-order valence-corrected chi connectivity index (χ4v) is 6.23. The first-order valence-electron chi connectivity index (χ1n) is 12.4. The lowest BCUT2D eigenvalue weighted by Crippen LogP contribution is -2.47. The molecule has 2 aromatic carbocycles. The molecule has 0 saturated carbocycles. The average Bonchev–Trinajstić information content (AvgIpc) is 3.51. The van der Waals surface area contributed by atoms with Gasteiger partial charge in [0, 0.05) is 29.0 Å². The SMILES string of the molecule is Cc1nc(-c2ccc(-n3nc(-c4ccccc4F)c4c3[C@]3(C)C=C(C#N)C(O)[C@H](C)[C@H]3CC4)cc2)no1. The number of halogens is 1. The van der Waals surface area contributed by atoms with Crippen molar-refractivity contribution < 1.29 is 14.0 Å². The van der Waals surface area contributed by atoms with Crippen molar-refractivity contribution in [2.45, 2.75) is 45.1 Å². The molecule has 8 heteroatoms. The van der Waals surface area contributed by atoms with Gasteiger partial charge in [0.15, 0.2) is 0 Å². The van der Waals surface area contributed by atoms with Crippen LogP contribution < -0.4 is 0 Å². The van der Waals surface area contributed by atoms with Gasteiger partial charge in [-0.25, -0.2) is 9.07 Å². The molecule has 0 spiro atoms. The first kappa shape index (κ1) is 23.3. The minimum Gasteiger partial charge on any atom is -0.387 e. The number of benzene rings is 2. The number of aliphatic hydroxyl groups is 1. The quantitative estimate of drug-likeness (QED) is 0.413. The van der Waals surface area contributed by atoms with Gasteiger partial charge in [-0.2, -0.15) is 15.3 Å². The second-order valence-electron chi connectivity index (χ2n) is 10.2. The Hall–Kier alpha value is -4.09. The molecule has 1 unspecified atom stereocenters. The van der Waals surface area contributed by atoms with Crippen molar-refractivity contribution in [1.29, 1.82) is 5.26 Å². The van der Waals surface area contributed by atoms with Crippen LogP contribution in [0.2, 0.25) is 0 Å². The summed E-state index contributed by atoms with van der Waals surface area (Å²) < 4.78 is 22.0. The Kier molecular flexibility index (Phi) is 5.35. The van der Waals surface area contributed by atoms with E-state index in [2.05, 4.69) is 23.1 Å². The van der Waals surface area contributed by atoms with E-state index in [1.54, 1.807) is 19.1 Å².